The van der Waals surface area contributed by atoms with E-state index >= 15 is 0 Å². The van der Waals surface area contributed by atoms with Crippen molar-refractivity contribution in [3.63, 3.8) is 0 Å². The molecule has 2 amide bonds. The van der Waals surface area contributed by atoms with E-state index in [1.807, 2.05) is 60.7 Å². The molecule has 1 N–H and O–H groups in total. The van der Waals surface area contributed by atoms with Gasteiger partial charge < -0.3 is 14.8 Å². The van der Waals surface area contributed by atoms with Gasteiger partial charge >= 0.3 is 0 Å². The Morgan fingerprint density at radius 1 is 0.839 bits per heavy atom. The van der Waals surface area contributed by atoms with E-state index in [0.29, 0.717) is 24.3 Å². The normalized spacial score (nSPS) is 10.8. The summed E-state index contributed by atoms with van der Waals surface area (Å²) < 4.78 is 2.05. The highest BCUT2D eigenvalue weighted by molar-refractivity contribution is 5.99. The maximum atomic E-state index is 13.1. The van der Waals surface area contributed by atoms with Gasteiger partial charge in [-0.3, -0.25) is 9.59 Å². The molecule has 0 aliphatic rings. The summed E-state index contributed by atoms with van der Waals surface area (Å²) in [6.45, 7) is 1.01. The van der Waals surface area contributed by atoms with E-state index in [1.54, 1.807) is 31.1 Å². The summed E-state index contributed by atoms with van der Waals surface area (Å²) in [4.78, 5) is 26.6. The quantitative estimate of drug-likeness (QED) is 0.514. The monoisotopic (exact) mass is 411 g/mol. The molecule has 0 atom stereocenters. The number of aromatic nitrogens is 1. The second-order valence-electron chi connectivity index (χ2n) is 7.74. The SMILES string of the molecule is CN(C)C(=O)c1ccc(CNC(=O)c2cc3ccccc3n2Cc2ccccc2)cc1. The number of rotatable bonds is 6. The first-order chi connectivity index (χ1) is 15.0. The van der Waals surface area contributed by atoms with E-state index in [0.717, 1.165) is 22.0 Å². The average Bonchev–Trinajstić information content (AvgIpc) is 3.16. The molecule has 4 rings (SSSR count). The molecule has 156 valence electrons. The molecule has 0 bridgehead atoms. The van der Waals surface area contributed by atoms with Crippen LogP contribution in [-0.2, 0) is 13.1 Å². The third kappa shape index (κ3) is 4.51. The smallest absolute Gasteiger partial charge is 0.268 e. The van der Waals surface area contributed by atoms with Crippen LogP contribution in [0.15, 0.2) is 84.9 Å². The molecular weight excluding hydrogens is 386 g/mol. The summed E-state index contributed by atoms with van der Waals surface area (Å²) in [6.07, 6.45) is 0. The lowest BCUT2D eigenvalue weighted by atomic mass is 10.1. The van der Waals surface area contributed by atoms with Crippen LogP contribution in [0.1, 0.15) is 32.0 Å². The molecule has 31 heavy (non-hydrogen) atoms. The fraction of sp³-hybridized carbons (Fsp3) is 0.154. The lowest BCUT2D eigenvalue weighted by Gasteiger charge is -2.12. The summed E-state index contributed by atoms with van der Waals surface area (Å²) in [5.74, 6) is -0.165. The van der Waals surface area contributed by atoms with Crippen molar-refractivity contribution in [2.24, 2.45) is 0 Å². The van der Waals surface area contributed by atoms with Gasteiger partial charge in [0.1, 0.15) is 5.69 Å². The third-order valence-electron chi connectivity index (χ3n) is 5.29. The van der Waals surface area contributed by atoms with Crippen LogP contribution in [0.5, 0.6) is 0 Å². The van der Waals surface area contributed by atoms with Crippen molar-refractivity contribution in [3.05, 3.63) is 107 Å². The number of amides is 2. The number of nitrogens with zero attached hydrogens (tertiary/aromatic N) is 2. The Labute approximate surface area is 181 Å². The van der Waals surface area contributed by atoms with Crippen LogP contribution in [0.4, 0.5) is 0 Å². The molecule has 0 radical (unpaired) electrons. The molecule has 0 spiro atoms. The number of para-hydroxylation sites is 1. The molecule has 0 fully saturated rings. The lowest BCUT2D eigenvalue weighted by Crippen LogP contribution is -2.26. The van der Waals surface area contributed by atoms with Crippen LogP contribution in [0.25, 0.3) is 10.9 Å². The number of carbonyl (C=O) groups excluding carboxylic acids is 2. The Bertz CT molecular complexity index is 1210. The van der Waals surface area contributed by atoms with Gasteiger partial charge in [0.15, 0.2) is 0 Å². The number of benzene rings is 3. The van der Waals surface area contributed by atoms with Crippen LogP contribution in [-0.4, -0.2) is 35.4 Å². The second kappa shape index (κ2) is 8.88. The van der Waals surface area contributed by atoms with Gasteiger partial charge in [0.2, 0.25) is 0 Å². The summed E-state index contributed by atoms with van der Waals surface area (Å²) in [7, 11) is 3.45. The van der Waals surface area contributed by atoms with E-state index in [-0.39, 0.29) is 11.8 Å². The maximum absolute atomic E-state index is 13.1. The van der Waals surface area contributed by atoms with Crippen LogP contribution in [0.2, 0.25) is 0 Å². The number of fused-ring (bicyclic) bond motifs is 1. The van der Waals surface area contributed by atoms with Crippen molar-refractivity contribution in [3.8, 4) is 0 Å². The van der Waals surface area contributed by atoms with Crippen molar-refractivity contribution in [1.82, 2.24) is 14.8 Å². The fourth-order valence-corrected chi connectivity index (χ4v) is 3.63. The van der Waals surface area contributed by atoms with Gasteiger partial charge in [-0.05, 0) is 35.4 Å². The molecule has 0 saturated carbocycles. The Kier molecular flexibility index (Phi) is 5.85. The Morgan fingerprint density at radius 3 is 2.23 bits per heavy atom. The van der Waals surface area contributed by atoms with Crippen molar-refractivity contribution < 1.29 is 9.59 Å². The molecule has 1 aromatic heterocycles. The van der Waals surface area contributed by atoms with Gasteiger partial charge in [-0.15, -0.1) is 0 Å². The predicted molar refractivity (Wildman–Crippen MR) is 123 cm³/mol. The van der Waals surface area contributed by atoms with Gasteiger partial charge in [0.05, 0.1) is 0 Å². The number of nitrogens with one attached hydrogen (secondary N) is 1. The third-order valence-corrected chi connectivity index (χ3v) is 5.29. The van der Waals surface area contributed by atoms with Gasteiger partial charge in [-0.25, -0.2) is 0 Å². The molecule has 0 aliphatic heterocycles. The second-order valence-corrected chi connectivity index (χ2v) is 7.74. The minimum absolute atomic E-state index is 0.0407. The first-order valence-corrected chi connectivity index (χ1v) is 10.2. The summed E-state index contributed by atoms with van der Waals surface area (Å²) in [5.41, 5.74) is 4.36. The molecule has 4 aromatic rings. The zero-order chi connectivity index (χ0) is 21.8. The molecule has 0 aliphatic carbocycles. The standard InChI is InChI=1S/C26H25N3O2/c1-28(2)26(31)21-14-12-19(13-15-21)17-27-25(30)24-16-22-10-6-7-11-23(22)29(24)18-20-8-4-3-5-9-20/h3-16H,17-18H2,1-2H3,(H,27,30). The molecule has 5 heteroatoms. The Balaban J connectivity index is 1.54. The molecule has 0 saturated heterocycles. The zero-order valence-corrected chi connectivity index (χ0v) is 17.7. The highest BCUT2D eigenvalue weighted by Crippen LogP contribution is 2.21. The molecule has 0 unspecified atom stereocenters. The van der Waals surface area contributed by atoms with Gasteiger partial charge in [0, 0.05) is 43.7 Å². The van der Waals surface area contributed by atoms with Crippen LogP contribution in [0.3, 0.4) is 0 Å². The topological polar surface area (TPSA) is 54.3 Å². The van der Waals surface area contributed by atoms with E-state index < -0.39 is 0 Å². The van der Waals surface area contributed by atoms with Crippen molar-refractivity contribution >= 4 is 22.7 Å². The zero-order valence-electron chi connectivity index (χ0n) is 17.7. The highest BCUT2D eigenvalue weighted by Gasteiger charge is 2.16. The lowest BCUT2D eigenvalue weighted by molar-refractivity contribution is 0.0827. The van der Waals surface area contributed by atoms with Crippen LogP contribution in [0, 0.1) is 0 Å². The molecular formula is C26H25N3O2. The summed E-state index contributed by atoms with van der Waals surface area (Å²) in [6, 6.07) is 27.4. The Morgan fingerprint density at radius 2 is 1.52 bits per heavy atom. The fourth-order valence-electron chi connectivity index (χ4n) is 3.63. The van der Waals surface area contributed by atoms with Crippen molar-refractivity contribution in [2.45, 2.75) is 13.1 Å². The average molecular weight is 412 g/mol. The highest BCUT2D eigenvalue weighted by atomic mass is 16.2. The van der Waals surface area contributed by atoms with Crippen LogP contribution >= 0.6 is 0 Å². The summed E-state index contributed by atoms with van der Waals surface area (Å²) >= 11 is 0. The number of hydrogen-bond acceptors (Lipinski definition) is 2. The first-order valence-electron chi connectivity index (χ1n) is 10.2. The molecule has 1 heterocycles. The maximum Gasteiger partial charge on any atom is 0.268 e. The van der Waals surface area contributed by atoms with Gasteiger partial charge in [-0.1, -0.05) is 60.7 Å². The van der Waals surface area contributed by atoms with E-state index in [1.165, 1.54) is 0 Å². The largest absolute Gasteiger partial charge is 0.347 e. The Hall–Kier alpha value is -3.86. The minimum atomic E-state index is -0.124. The first kappa shape index (κ1) is 20.4. The number of hydrogen-bond donors (Lipinski definition) is 1. The predicted octanol–water partition coefficient (Wildman–Crippen LogP) is 4.32. The summed E-state index contributed by atoms with van der Waals surface area (Å²) in [5, 5.41) is 4.06. The van der Waals surface area contributed by atoms with Gasteiger partial charge in [-0.2, -0.15) is 0 Å². The van der Waals surface area contributed by atoms with Crippen molar-refractivity contribution in [2.75, 3.05) is 14.1 Å². The van der Waals surface area contributed by atoms with Crippen molar-refractivity contribution in [1.29, 1.82) is 0 Å². The molecule has 5 nitrogen and oxygen atoms in total. The van der Waals surface area contributed by atoms with E-state index in [9.17, 15) is 9.59 Å². The van der Waals surface area contributed by atoms with E-state index in [4.69, 9.17) is 0 Å². The number of carbonyl (C=O) groups is 2. The van der Waals surface area contributed by atoms with Crippen LogP contribution < -0.4 is 5.32 Å². The minimum Gasteiger partial charge on any atom is -0.347 e. The van der Waals surface area contributed by atoms with Gasteiger partial charge in [0.25, 0.3) is 11.8 Å². The van der Waals surface area contributed by atoms with E-state index in [2.05, 4.69) is 22.0 Å². The molecule has 3 aromatic carbocycles.